The number of hydrogen-bond donors (Lipinski definition) is 1. The van der Waals surface area contributed by atoms with Gasteiger partial charge in [0.05, 0.1) is 12.7 Å². The van der Waals surface area contributed by atoms with E-state index in [1.807, 2.05) is 6.92 Å². The van der Waals surface area contributed by atoms with Gasteiger partial charge >= 0.3 is 5.97 Å². The molecule has 0 saturated heterocycles. The van der Waals surface area contributed by atoms with Gasteiger partial charge in [0.2, 0.25) is 0 Å². The molecule has 0 radical (unpaired) electrons. The van der Waals surface area contributed by atoms with Gasteiger partial charge < -0.3 is 9.84 Å². The average Bonchev–Trinajstić information content (AvgIpc) is 2.55. The van der Waals surface area contributed by atoms with Crippen molar-refractivity contribution in [2.45, 2.75) is 13.3 Å². The topological polar surface area (TPSA) is 96.1 Å². The van der Waals surface area contributed by atoms with E-state index in [0.29, 0.717) is 30.2 Å². The number of ether oxygens (including phenoxy) is 1. The highest BCUT2D eigenvalue weighted by atomic mass is 16.5. The van der Waals surface area contributed by atoms with Crippen molar-refractivity contribution in [1.29, 1.82) is 5.26 Å². The van der Waals surface area contributed by atoms with Gasteiger partial charge in [0, 0.05) is 17.7 Å². The molecule has 22 heavy (non-hydrogen) atoms. The summed E-state index contributed by atoms with van der Waals surface area (Å²) in [6.07, 6.45) is 2.08. The van der Waals surface area contributed by atoms with Crippen molar-refractivity contribution in [2.24, 2.45) is 5.92 Å². The number of carboxylic acid groups (broad SMARTS) is 1. The number of aromatic nitrogens is 2. The van der Waals surface area contributed by atoms with Crippen LogP contribution in [0.25, 0.3) is 11.4 Å². The Bertz CT molecular complexity index is 693. The van der Waals surface area contributed by atoms with Crippen LogP contribution in [0.1, 0.15) is 23.8 Å². The highest BCUT2D eigenvalue weighted by Gasteiger charge is 2.08. The fourth-order valence-corrected chi connectivity index (χ4v) is 1.74. The van der Waals surface area contributed by atoms with Crippen molar-refractivity contribution in [1.82, 2.24) is 9.97 Å². The molecular formula is C16H15N3O3. The predicted octanol–water partition coefficient (Wildman–Crippen LogP) is 2.77. The molecule has 1 atom stereocenters. The summed E-state index contributed by atoms with van der Waals surface area (Å²) >= 11 is 0. The van der Waals surface area contributed by atoms with E-state index in [9.17, 15) is 4.79 Å². The fraction of sp³-hybridized carbons (Fsp3) is 0.250. The van der Waals surface area contributed by atoms with E-state index in [1.54, 1.807) is 24.3 Å². The number of rotatable bonds is 6. The Hall–Kier alpha value is -2.94. The van der Waals surface area contributed by atoms with Crippen LogP contribution in [-0.4, -0.2) is 27.7 Å². The predicted molar refractivity (Wildman–Crippen MR) is 79.3 cm³/mol. The lowest BCUT2D eigenvalue weighted by Gasteiger charge is -2.07. The van der Waals surface area contributed by atoms with E-state index in [-0.39, 0.29) is 11.6 Å². The Balaban J connectivity index is 2.04. The maximum atomic E-state index is 10.9. The molecule has 1 heterocycles. The molecule has 1 unspecified atom stereocenters. The standard InChI is InChI=1S/C16H15N3O3/c1-11(10-17)7-9-22-13-4-2-12(3-5-13)15-18-8-6-14(19-15)16(20)21/h2-6,8,11H,7,9H2,1H3,(H,20,21). The van der Waals surface area contributed by atoms with E-state index in [1.165, 1.54) is 12.3 Å². The van der Waals surface area contributed by atoms with Crippen LogP contribution >= 0.6 is 0 Å². The van der Waals surface area contributed by atoms with Gasteiger partial charge in [0.15, 0.2) is 11.5 Å². The Morgan fingerprint density at radius 2 is 2.09 bits per heavy atom. The van der Waals surface area contributed by atoms with Crippen LogP contribution in [0.5, 0.6) is 5.75 Å². The number of carboxylic acids is 1. The molecule has 0 bridgehead atoms. The van der Waals surface area contributed by atoms with Crippen LogP contribution in [0.2, 0.25) is 0 Å². The van der Waals surface area contributed by atoms with Crippen molar-refractivity contribution in [3.05, 3.63) is 42.2 Å². The molecule has 2 aromatic rings. The van der Waals surface area contributed by atoms with Gasteiger partial charge in [-0.1, -0.05) is 0 Å². The van der Waals surface area contributed by atoms with Gasteiger partial charge in [-0.2, -0.15) is 5.26 Å². The largest absolute Gasteiger partial charge is 0.494 e. The number of carbonyl (C=O) groups is 1. The molecule has 1 aromatic carbocycles. The normalized spacial score (nSPS) is 11.5. The monoisotopic (exact) mass is 297 g/mol. The lowest BCUT2D eigenvalue weighted by atomic mass is 10.1. The van der Waals surface area contributed by atoms with Crippen LogP contribution < -0.4 is 4.74 Å². The molecule has 0 aliphatic carbocycles. The Kier molecular flexibility index (Phi) is 5.04. The van der Waals surface area contributed by atoms with E-state index >= 15 is 0 Å². The molecule has 0 aliphatic rings. The first kappa shape index (κ1) is 15.4. The van der Waals surface area contributed by atoms with Crippen LogP contribution in [0.3, 0.4) is 0 Å². The van der Waals surface area contributed by atoms with Gasteiger partial charge in [-0.3, -0.25) is 0 Å². The fourth-order valence-electron chi connectivity index (χ4n) is 1.74. The van der Waals surface area contributed by atoms with Gasteiger partial charge in [-0.25, -0.2) is 14.8 Å². The molecule has 6 heteroatoms. The molecule has 0 amide bonds. The molecule has 0 fully saturated rings. The molecule has 0 aliphatic heterocycles. The summed E-state index contributed by atoms with van der Waals surface area (Å²) in [5.41, 5.74) is 0.664. The molecule has 112 valence electrons. The first-order valence-corrected chi connectivity index (χ1v) is 6.79. The van der Waals surface area contributed by atoms with Gasteiger partial charge in [0.1, 0.15) is 5.75 Å². The highest BCUT2D eigenvalue weighted by Crippen LogP contribution is 2.19. The van der Waals surface area contributed by atoms with Crippen molar-refractivity contribution < 1.29 is 14.6 Å². The third kappa shape index (κ3) is 4.03. The van der Waals surface area contributed by atoms with Crippen molar-refractivity contribution in [3.8, 4) is 23.2 Å². The Morgan fingerprint density at radius 1 is 1.36 bits per heavy atom. The third-order valence-corrected chi connectivity index (χ3v) is 3.03. The van der Waals surface area contributed by atoms with E-state index < -0.39 is 5.97 Å². The van der Waals surface area contributed by atoms with Crippen molar-refractivity contribution in [2.75, 3.05) is 6.61 Å². The van der Waals surface area contributed by atoms with Crippen LogP contribution in [0, 0.1) is 17.2 Å². The summed E-state index contributed by atoms with van der Waals surface area (Å²) in [5.74, 6) is -0.0884. The highest BCUT2D eigenvalue weighted by molar-refractivity contribution is 5.85. The maximum Gasteiger partial charge on any atom is 0.354 e. The first-order valence-electron chi connectivity index (χ1n) is 6.79. The zero-order chi connectivity index (χ0) is 15.9. The average molecular weight is 297 g/mol. The summed E-state index contributed by atoms with van der Waals surface area (Å²) in [6, 6.07) is 10.6. The van der Waals surface area contributed by atoms with Crippen LogP contribution in [-0.2, 0) is 0 Å². The summed E-state index contributed by atoms with van der Waals surface area (Å²) in [6.45, 7) is 2.32. The van der Waals surface area contributed by atoms with E-state index in [0.717, 1.165) is 0 Å². The summed E-state index contributed by atoms with van der Waals surface area (Å²) in [5, 5.41) is 17.6. The summed E-state index contributed by atoms with van der Waals surface area (Å²) < 4.78 is 5.55. The molecular weight excluding hydrogens is 282 g/mol. The van der Waals surface area contributed by atoms with Crippen molar-refractivity contribution in [3.63, 3.8) is 0 Å². The van der Waals surface area contributed by atoms with Gasteiger partial charge in [-0.15, -0.1) is 0 Å². The number of benzene rings is 1. The molecule has 0 spiro atoms. The van der Waals surface area contributed by atoms with E-state index in [2.05, 4.69) is 16.0 Å². The van der Waals surface area contributed by atoms with Gasteiger partial charge in [-0.05, 0) is 43.7 Å². The third-order valence-electron chi connectivity index (χ3n) is 3.03. The molecule has 1 aromatic heterocycles. The molecule has 1 N–H and O–H groups in total. The molecule has 2 rings (SSSR count). The second kappa shape index (κ2) is 7.18. The number of nitriles is 1. The lowest BCUT2D eigenvalue weighted by molar-refractivity contribution is 0.0690. The quantitative estimate of drug-likeness (QED) is 0.880. The molecule has 6 nitrogen and oxygen atoms in total. The second-order valence-electron chi connectivity index (χ2n) is 4.76. The Morgan fingerprint density at radius 3 is 2.73 bits per heavy atom. The molecule has 0 saturated carbocycles. The minimum absolute atomic E-state index is 0.0357. The maximum absolute atomic E-state index is 10.9. The zero-order valence-corrected chi connectivity index (χ0v) is 12.1. The van der Waals surface area contributed by atoms with Gasteiger partial charge in [0.25, 0.3) is 0 Å². The number of nitrogens with zero attached hydrogens (tertiary/aromatic N) is 3. The summed E-state index contributed by atoms with van der Waals surface area (Å²) in [7, 11) is 0. The first-order chi connectivity index (χ1) is 10.6. The SMILES string of the molecule is CC(C#N)CCOc1ccc(-c2nccc(C(=O)O)n2)cc1. The van der Waals surface area contributed by atoms with Crippen molar-refractivity contribution >= 4 is 5.97 Å². The smallest absolute Gasteiger partial charge is 0.354 e. The number of aromatic carboxylic acids is 1. The van der Waals surface area contributed by atoms with Crippen LogP contribution in [0.15, 0.2) is 36.5 Å². The number of hydrogen-bond acceptors (Lipinski definition) is 5. The Labute approximate surface area is 128 Å². The second-order valence-corrected chi connectivity index (χ2v) is 4.76. The zero-order valence-electron chi connectivity index (χ0n) is 12.1. The minimum atomic E-state index is -1.09. The lowest BCUT2D eigenvalue weighted by Crippen LogP contribution is -2.03. The van der Waals surface area contributed by atoms with Crippen LogP contribution in [0.4, 0.5) is 0 Å². The minimum Gasteiger partial charge on any atom is -0.494 e. The van der Waals surface area contributed by atoms with E-state index in [4.69, 9.17) is 15.1 Å². The summed E-state index contributed by atoms with van der Waals surface area (Å²) in [4.78, 5) is 19.0.